The molecule has 0 saturated carbocycles. The summed E-state index contributed by atoms with van der Waals surface area (Å²) in [7, 11) is 0. The maximum Gasteiger partial charge on any atom is 0.328 e. The lowest BCUT2D eigenvalue weighted by atomic mass is 10.1. The number of benzene rings is 4. The molecule has 119 heavy (non-hydrogen) atoms. The first kappa shape index (κ1) is 98.5. The zero-order chi connectivity index (χ0) is 84.5. The standard InChI is InChI=1S/C90H132N10O19/c1-3-5-7-9-11-13-15-17-19-21-35-45-83(101)91-81(87(105)93-79(89(107)118-67-75-41-31-25-32-42-75)47-49-85(103)116-65-73-37-27-23-28-38-73)71-114-69-77-63-99(97-95-77)51-53-109-55-57-111-59-61-113-62-60-112-58-56-110-54-52-100-64-78(96-98-100)70-115-72-82(92-84(102)46-36-22-20-18-16-14-12-10-8-6-4-2)88(106)94-80(90(108)119-68-76-43-33-26-34-44-76)48-50-86(104)117-66-74-39-29-24-30-40-74/h23-34,37-44,63-64,79-82H,3-22,35-36,45-62,65-72H2,1-2H3,(H,91,101)(H,92,102)(H,93,105)(H,94,106)/t79-,80-,81+,82+/m1/s1. The molecule has 0 radical (unpaired) electrons. The molecule has 2 heterocycles. The zero-order valence-corrected chi connectivity index (χ0v) is 70.4. The summed E-state index contributed by atoms with van der Waals surface area (Å²) in [6, 6.07) is 31.7. The van der Waals surface area contributed by atoms with E-state index in [4.69, 9.17) is 52.1 Å². The molecule has 0 unspecified atom stereocenters. The fraction of sp³-hybridized carbons (Fsp3) is 0.600. The Labute approximate surface area is 703 Å². The molecule has 0 fully saturated rings. The molecule has 4 N–H and O–H groups in total. The SMILES string of the molecule is CCCCCCCCCCCCCC(=O)N[C@@H](COCc1cn(CCOCCOCCOCCOCCOCCn2cc(COC[C@H](NC(=O)CCCCCCCCCCCCC)C(=O)N[C@H](CCC(=O)OCc3ccccc3)C(=O)OCc3ccccc3)nn2)nn1)C(=O)N[C@H](CCC(=O)OCc1ccccc1)C(=O)OCc1ccccc1. The predicted molar refractivity (Wildman–Crippen MR) is 447 cm³/mol. The number of amides is 4. The van der Waals surface area contributed by atoms with Gasteiger partial charge >= 0.3 is 23.9 Å². The maximum absolute atomic E-state index is 14.1. The zero-order valence-electron chi connectivity index (χ0n) is 70.4. The van der Waals surface area contributed by atoms with Gasteiger partial charge in [-0.25, -0.2) is 19.0 Å². The van der Waals surface area contributed by atoms with E-state index in [1.165, 1.54) is 89.9 Å². The molecule has 0 saturated heterocycles. The van der Waals surface area contributed by atoms with Crippen LogP contribution >= 0.6 is 0 Å². The van der Waals surface area contributed by atoms with Crippen molar-refractivity contribution < 1.29 is 90.5 Å². The summed E-state index contributed by atoms with van der Waals surface area (Å²) in [5.74, 6) is -4.65. The van der Waals surface area contributed by atoms with Crippen LogP contribution in [0.5, 0.6) is 0 Å². The molecule has 29 nitrogen and oxygen atoms in total. The lowest BCUT2D eigenvalue weighted by Gasteiger charge is -2.23. The minimum Gasteiger partial charge on any atom is -0.461 e. The highest BCUT2D eigenvalue weighted by molar-refractivity contribution is 5.92. The highest BCUT2D eigenvalue weighted by Crippen LogP contribution is 2.17. The van der Waals surface area contributed by atoms with E-state index < -0.39 is 59.9 Å². The van der Waals surface area contributed by atoms with Crippen LogP contribution in [0, 0.1) is 0 Å². The Morgan fingerprint density at radius 3 is 0.908 bits per heavy atom. The normalized spacial score (nSPS) is 12.3. The van der Waals surface area contributed by atoms with Gasteiger partial charge in [0.25, 0.3) is 0 Å². The molecule has 4 amide bonds. The molecule has 2 aromatic heterocycles. The molecule has 6 aromatic rings. The third kappa shape index (κ3) is 47.9. The second-order valence-corrected chi connectivity index (χ2v) is 29.5. The summed E-state index contributed by atoms with van der Waals surface area (Å²) < 4.78 is 65.9. The van der Waals surface area contributed by atoms with Gasteiger partial charge in [-0.3, -0.25) is 28.8 Å². The lowest BCUT2D eigenvalue weighted by Crippen LogP contribution is -2.53. The number of aromatic nitrogens is 6. The predicted octanol–water partition coefficient (Wildman–Crippen LogP) is 12.6. The summed E-state index contributed by atoms with van der Waals surface area (Å²) in [6.45, 7) is 8.08. The summed E-state index contributed by atoms with van der Waals surface area (Å²) in [5.41, 5.74) is 4.03. The van der Waals surface area contributed by atoms with Gasteiger partial charge in [-0.1, -0.05) is 274 Å². The molecule has 656 valence electrons. The smallest absolute Gasteiger partial charge is 0.328 e. The largest absolute Gasteiger partial charge is 0.461 e. The summed E-state index contributed by atoms with van der Waals surface area (Å²) in [5, 5.41) is 27.9. The Bertz CT molecular complexity index is 3440. The fourth-order valence-electron chi connectivity index (χ4n) is 12.5. The molecular weight excluding hydrogens is 1530 g/mol. The van der Waals surface area contributed by atoms with Crippen molar-refractivity contribution in [1.29, 1.82) is 0 Å². The second-order valence-electron chi connectivity index (χ2n) is 29.5. The van der Waals surface area contributed by atoms with Crippen molar-refractivity contribution in [2.24, 2.45) is 0 Å². The first-order chi connectivity index (χ1) is 58.3. The summed E-state index contributed by atoms with van der Waals surface area (Å²) in [6.07, 6.45) is 27.9. The number of hydrogen-bond acceptors (Lipinski definition) is 23. The number of unbranched alkanes of at least 4 members (excludes halogenated alkanes) is 20. The van der Waals surface area contributed by atoms with Crippen LogP contribution in [0.15, 0.2) is 134 Å². The van der Waals surface area contributed by atoms with E-state index in [0.29, 0.717) is 103 Å². The minimum absolute atomic E-state index is 0.0368. The average Bonchev–Trinajstić information content (AvgIpc) is 0.904. The molecule has 0 aliphatic heterocycles. The van der Waals surface area contributed by atoms with Crippen LogP contribution in [0.3, 0.4) is 0 Å². The van der Waals surface area contributed by atoms with Gasteiger partial charge in [0.05, 0.1) is 118 Å². The van der Waals surface area contributed by atoms with Gasteiger partial charge in [-0.05, 0) is 47.9 Å². The van der Waals surface area contributed by atoms with Gasteiger partial charge in [0.2, 0.25) is 23.6 Å². The van der Waals surface area contributed by atoms with Crippen LogP contribution in [0.25, 0.3) is 0 Å². The number of hydrogen-bond donors (Lipinski definition) is 4. The minimum atomic E-state index is -1.25. The highest BCUT2D eigenvalue weighted by Gasteiger charge is 2.31. The molecule has 4 atom stereocenters. The van der Waals surface area contributed by atoms with Crippen molar-refractivity contribution in [1.82, 2.24) is 51.3 Å². The molecule has 4 aromatic carbocycles. The van der Waals surface area contributed by atoms with Crippen molar-refractivity contribution in [2.45, 2.75) is 271 Å². The van der Waals surface area contributed by atoms with Gasteiger partial charge in [0.15, 0.2) is 0 Å². The van der Waals surface area contributed by atoms with Gasteiger partial charge in [-0.15, -0.1) is 10.2 Å². The lowest BCUT2D eigenvalue weighted by molar-refractivity contribution is -0.152. The Morgan fingerprint density at radius 1 is 0.311 bits per heavy atom. The summed E-state index contributed by atoms with van der Waals surface area (Å²) in [4.78, 5) is 108. The van der Waals surface area contributed by atoms with Gasteiger partial charge < -0.3 is 73.4 Å². The topological polar surface area (TPSA) is 348 Å². The van der Waals surface area contributed by atoms with E-state index in [1.807, 2.05) is 97.1 Å². The number of nitrogens with zero attached hydrogens (tertiary/aromatic N) is 6. The molecule has 0 bridgehead atoms. The van der Waals surface area contributed by atoms with E-state index in [9.17, 15) is 38.4 Å². The van der Waals surface area contributed by atoms with Gasteiger partial charge in [0.1, 0.15) is 62.0 Å². The molecular formula is C90H132N10O19. The van der Waals surface area contributed by atoms with Crippen LogP contribution < -0.4 is 21.3 Å². The van der Waals surface area contributed by atoms with Crippen molar-refractivity contribution in [2.75, 3.05) is 79.3 Å². The first-order valence-electron chi connectivity index (χ1n) is 43.2. The van der Waals surface area contributed by atoms with Crippen LogP contribution in [-0.2, 0) is 143 Å². The highest BCUT2D eigenvalue weighted by atomic mass is 16.6. The van der Waals surface area contributed by atoms with Crippen LogP contribution in [0.4, 0.5) is 0 Å². The van der Waals surface area contributed by atoms with E-state index in [1.54, 1.807) is 46.0 Å². The van der Waals surface area contributed by atoms with Gasteiger partial charge in [-0.2, -0.15) is 0 Å². The number of esters is 4. The fourth-order valence-corrected chi connectivity index (χ4v) is 12.5. The number of nitrogens with one attached hydrogen (secondary N) is 4. The maximum atomic E-state index is 14.1. The van der Waals surface area contributed by atoms with Crippen molar-refractivity contribution in [3.8, 4) is 0 Å². The Kier molecular flexibility index (Phi) is 53.4. The van der Waals surface area contributed by atoms with Crippen molar-refractivity contribution in [3.63, 3.8) is 0 Å². The second kappa shape index (κ2) is 64.6. The van der Waals surface area contributed by atoms with Crippen molar-refractivity contribution >= 4 is 47.5 Å². The number of ether oxygens (including phenoxy) is 11. The monoisotopic (exact) mass is 1660 g/mol. The molecule has 0 spiro atoms. The van der Waals surface area contributed by atoms with E-state index in [2.05, 4.69) is 55.7 Å². The average molecular weight is 1660 g/mol. The van der Waals surface area contributed by atoms with E-state index in [0.717, 1.165) is 60.8 Å². The van der Waals surface area contributed by atoms with E-state index >= 15 is 0 Å². The van der Waals surface area contributed by atoms with E-state index in [-0.39, 0.29) is 103 Å². The first-order valence-corrected chi connectivity index (χ1v) is 43.2. The van der Waals surface area contributed by atoms with Gasteiger partial charge in [0, 0.05) is 25.7 Å². The third-order valence-corrected chi connectivity index (χ3v) is 19.4. The third-order valence-electron chi connectivity index (χ3n) is 19.4. The Balaban J connectivity index is 0.841. The number of rotatable bonds is 72. The van der Waals surface area contributed by atoms with Crippen LogP contribution in [0.2, 0.25) is 0 Å². The van der Waals surface area contributed by atoms with Crippen molar-refractivity contribution in [3.05, 3.63) is 167 Å². The molecule has 6 rings (SSSR count). The Morgan fingerprint density at radius 2 is 0.597 bits per heavy atom. The summed E-state index contributed by atoms with van der Waals surface area (Å²) >= 11 is 0. The molecule has 0 aliphatic rings. The quantitative estimate of drug-likeness (QED) is 0.0156. The molecule has 0 aliphatic carbocycles. The Hall–Kier alpha value is -9.36. The van der Waals surface area contributed by atoms with Crippen LogP contribution in [0.1, 0.15) is 227 Å². The molecule has 29 heteroatoms. The van der Waals surface area contributed by atoms with Crippen LogP contribution in [-0.4, -0.2) is 181 Å². The number of carbonyl (C=O) groups excluding carboxylic acids is 8. The number of carbonyl (C=O) groups is 8.